The number of hydrogen-bond acceptors (Lipinski definition) is 5. The molecule has 0 unspecified atom stereocenters. The van der Waals surface area contributed by atoms with Gasteiger partial charge in [0.05, 0.1) is 14.2 Å². The SMILES string of the molecule is COc1ccc(OC)c(S(=O)(=O)N2CCC(=O)CC2)c1. The maximum absolute atomic E-state index is 12.6. The molecule has 1 aromatic rings. The van der Waals surface area contributed by atoms with Gasteiger partial charge in [-0.05, 0) is 12.1 Å². The Hall–Kier alpha value is -1.60. The van der Waals surface area contributed by atoms with Gasteiger partial charge in [0.2, 0.25) is 10.0 Å². The van der Waals surface area contributed by atoms with E-state index in [0.717, 1.165) is 0 Å². The molecule has 0 aliphatic carbocycles. The Morgan fingerprint density at radius 2 is 1.75 bits per heavy atom. The lowest BCUT2D eigenvalue weighted by atomic mass is 10.1. The van der Waals surface area contributed by atoms with Crippen LogP contribution in [0, 0.1) is 0 Å². The van der Waals surface area contributed by atoms with E-state index in [4.69, 9.17) is 9.47 Å². The zero-order chi connectivity index (χ0) is 14.8. The highest BCUT2D eigenvalue weighted by molar-refractivity contribution is 7.89. The number of benzene rings is 1. The largest absolute Gasteiger partial charge is 0.497 e. The fourth-order valence-corrected chi connectivity index (χ4v) is 3.71. The van der Waals surface area contributed by atoms with Crippen molar-refractivity contribution in [2.24, 2.45) is 0 Å². The van der Waals surface area contributed by atoms with Gasteiger partial charge in [-0.15, -0.1) is 0 Å². The Balaban J connectivity index is 2.40. The van der Waals surface area contributed by atoms with E-state index >= 15 is 0 Å². The second kappa shape index (κ2) is 5.80. The van der Waals surface area contributed by atoms with Gasteiger partial charge in [-0.3, -0.25) is 4.79 Å². The van der Waals surface area contributed by atoms with E-state index in [-0.39, 0.29) is 42.4 Å². The van der Waals surface area contributed by atoms with Gasteiger partial charge in [0.1, 0.15) is 22.2 Å². The monoisotopic (exact) mass is 299 g/mol. The van der Waals surface area contributed by atoms with Crippen LogP contribution in [0.15, 0.2) is 23.1 Å². The molecule has 0 amide bonds. The van der Waals surface area contributed by atoms with Gasteiger partial charge in [-0.2, -0.15) is 4.31 Å². The maximum atomic E-state index is 12.6. The predicted octanol–water partition coefficient (Wildman–Crippen LogP) is 1.06. The average molecular weight is 299 g/mol. The second-order valence-electron chi connectivity index (χ2n) is 4.46. The molecule has 0 bridgehead atoms. The number of ether oxygens (including phenoxy) is 2. The van der Waals surface area contributed by atoms with Crippen molar-refractivity contribution in [1.82, 2.24) is 4.31 Å². The summed E-state index contributed by atoms with van der Waals surface area (Å²) in [5.41, 5.74) is 0. The van der Waals surface area contributed by atoms with Crippen LogP contribution in [0.5, 0.6) is 11.5 Å². The van der Waals surface area contributed by atoms with Crippen LogP contribution in [0.3, 0.4) is 0 Å². The highest BCUT2D eigenvalue weighted by Gasteiger charge is 2.31. The van der Waals surface area contributed by atoms with Crippen LogP contribution in [0.25, 0.3) is 0 Å². The molecular formula is C13H17NO5S. The van der Waals surface area contributed by atoms with Crippen molar-refractivity contribution in [3.63, 3.8) is 0 Å². The summed E-state index contributed by atoms with van der Waals surface area (Å²) in [6, 6.07) is 4.63. The van der Waals surface area contributed by atoms with Crippen LogP contribution in [-0.4, -0.2) is 45.8 Å². The fourth-order valence-electron chi connectivity index (χ4n) is 2.10. The molecule has 0 aromatic heterocycles. The first-order valence-corrected chi connectivity index (χ1v) is 7.67. The van der Waals surface area contributed by atoms with Crippen LogP contribution >= 0.6 is 0 Å². The van der Waals surface area contributed by atoms with E-state index in [0.29, 0.717) is 5.75 Å². The smallest absolute Gasteiger partial charge is 0.246 e. The number of carbonyl (C=O) groups is 1. The molecule has 0 saturated carbocycles. The summed E-state index contributed by atoms with van der Waals surface area (Å²) in [6.07, 6.45) is 0.511. The van der Waals surface area contributed by atoms with Crippen molar-refractivity contribution >= 4 is 15.8 Å². The third-order valence-corrected chi connectivity index (χ3v) is 5.19. The minimum Gasteiger partial charge on any atom is -0.497 e. The molecule has 0 spiro atoms. The van der Waals surface area contributed by atoms with Crippen molar-refractivity contribution < 1.29 is 22.7 Å². The molecule has 20 heavy (non-hydrogen) atoms. The van der Waals surface area contributed by atoms with E-state index in [1.807, 2.05) is 0 Å². The quantitative estimate of drug-likeness (QED) is 0.831. The number of nitrogens with zero attached hydrogens (tertiary/aromatic N) is 1. The third-order valence-electron chi connectivity index (χ3n) is 3.27. The minimum atomic E-state index is -3.68. The lowest BCUT2D eigenvalue weighted by Crippen LogP contribution is -2.38. The van der Waals surface area contributed by atoms with Crippen molar-refractivity contribution in [3.8, 4) is 11.5 Å². The predicted molar refractivity (Wildman–Crippen MR) is 72.5 cm³/mol. The summed E-state index contributed by atoms with van der Waals surface area (Å²) in [7, 11) is -0.797. The van der Waals surface area contributed by atoms with Crippen molar-refractivity contribution in [2.75, 3.05) is 27.3 Å². The molecule has 1 fully saturated rings. The zero-order valence-electron chi connectivity index (χ0n) is 11.5. The van der Waals surface area contributed by atoms with Crippen molar-refractivity contribution in [1.29, 1.82) is 0 Å². The number of Topliss-reactive ketones (excluding diaryl/α,β-unsaturated/α-hetero) is 1. The van der Waals surface area contributed by atoms with Crippen LogP contribution in [0.1, 0.15) is 12.8 Å². The molecule has 7 heteroatoms. The summed E-state index contributed by atoms with van der Waals surface area (Å²) >= 11 is 0. The first-order valence-electron chi connectivity index (χ1n) is 6.23. The van der Waals surface area contributed by atoms with Crippen LogP contribution in [0.4, 0.5) is 0 Å². The summed E-state index contributed by atoms with van der Waals surface area (Å²) < 4.78 is 36.7. The highest BCUT2D eigenvalue weighted by atomic mass is 32.2. The molecule has 2 rings (SSSR count). The third kappa shape index (κ3) is 2.78. The summed E-state index contributed by atoms with van der Waals surface area (Å²) in [5.74, 6) is 0.800. The van der Waals surface area contributed by atoms with E-state index in [1.165, 1.54) is 24.6 Å². The van der Waals surface area contributed by atoms with Gasteiger partial charge in [-0.1, -0.05) is 0 Å². The van der Waals surface area contributed by atoms with Crippen molar-refractivity contribution in [2.45, 2.75) is 17.7 Å². The Bertz CT molecular complexity index is 601. The van der Waals surface area contributed by atoms with Gasteiger partial charge in [0.25, 0.3) is 0 Å². The van der Waals surface area contributed by atoms with Gasteiger partial charge in [0.15, 0.2) is 0 Å². The number of hydrogen-bond donors (Lipinski definition) is 0. The van der Waals surface area contributed by atoms with E-state index < -0.39 is 10.0 Å². The molecule has 1 aliphatic heterocycles. The molecule has 6 nitrogen and oxygen atoms in total. The number of methoxy groups -OCH3 is 2. The second-order valence-corrected chi connectivity index (χ2v) is 6.37. The normalized spacial score (nSPS) is 17.0. The molecule has 0 atom stereocenters. The van der Waals surface area contributed by atoms with Crippen LogP contribution in [-0.2, 0) is 14.8 Å². The molecule has 110 valence electrons. The first-order chi connectivity index (χ1) is 9.48. The van der Waals surface area contributed by atoms with E-state index in [2.05, 4.69) is 0 Å². The van der Waals surface area contributed by atoms with Crippen molar-refractivity contribution in [3.05, 3.63) is 18.2 Å². The number of ketones is 1. The Morgan fingerprint density at radius 3 is 2.30 bits per heavy atom. The van der Waals surface area contributed by atoms with E-state index in [9.17, 15) is 13.2 Å². The Kier molecular flexibility index (Phi) is 4.29. The standard InChI is InChI=1S/C13H17NO5S/c1-18-11-3-4-12(19-2)13(9-11)20(16,17)14-7-5-10(15)6-8-14/h3-4,9H,5-8H2,1-2H3. The lowest BCUT2D eigenvalue weighted by molar-refractivity contribution is -0.120. The molecule has 1 heterocycles. The number of rotatable bonds is 4. The maximum Gasteiger partial charge on any atom is 0.246 e. The number of carbonyl (C=O) groups excluding carboxylic acids is 1. The number of sulfonamides is 1. The van der Waals surface area contributed by atoms with Gasteiger partial charge >= 0.3 is 0 Å². The van der Waals surface area contributed by atoms with Gasteiger partial charge in [-0.25, -0.2) is 8.42 Å². The summed E-state index contributed by atoms with van der Waals surface area (Å²) in [5, 5.41) is 0. The molecule has 1 aliphatic rings. The fraction of sp³-hybridized carbons (Fsp3) is 0.462. The van der Waals surface area contributed by atoms with E-state index in [1.54, 1.807) is 12.1 Å². The van der Waals surface area contributed by atoms with Crippen LogP contribution < -0.4 is 9.47 Å². The summed E-state index contributed by atoms with van der Waals surface area (Å²) in [6.45, 7) is 0.420. The van der Waals surface area contributed by atoms with Gasteiger partial charge in [0, 0.05) is 32.0 Å². The molecule has 1 saturated heterocycles. The zero-order valence-corrected chi connectivity index (χ0v) is 12.3. The Morgan fingerprint density at radius 1 is 1.10 bits per heavy atom. The molecule has 1 aromatic carbocycles. The molecule has 0 radical (unpaired) electrons. The lowest BCUT2D eigenvalue weighted by Gasteiger charge is -2.26. The van der Waals surface area contributed by atoms with Crippen LogP contribution in [0.2, 0.25) is 0 Å². The Labute approximate surface area is 118 Å². The average Bonchev–Trinajstić information content (AvgIpc) is 2.47. The van der Waals surface area contributed by atoms with Gasteiger partial charge < -0.3 is 9.47 Å². The summed E-state index contributed by atoms with van der Waals surface area (Å²) in [4.78, 5) is 11.3. The topological polar surface area (TPSA) is 72.9 Å². The number of piperidine rings is 1. The minimum absolute atomic E-state index is 0.0636. The molecular weight excluding hydrogens is 282 g/mol. The molecule has 0 N–H and O–H groups in total. The first kappa shape index (κ1) is 14.8. The highest BCUT2D eigenvalue weighted by Crippen LogP contribution is 2.31.